The van der Waals surface area contributed by atoms with E-state index < -0.39 is 0 Å². The summed E-state index contributed by atoms with van der Waals surface area (Å²) in [4.78, 5) is 29.8. The lowest BCUT2D eigenvalue weighted by Gasteiger charge is -2.34. The van der Waals surface area contributed by atoms with Gasteiger partial charge in [-0.15, -0.1) is 0 Å². The molecule has 0 saturated carbocycles. The van der Waals surface area contributed by atoms with Crippen molar-refractivity contribution in [2.24, 2.45) is 0 Å². The molecular formula is C27H29N3O3. The quantitative estimate of drug-likeness (QED) is 0.598. The van der Waals surface area contributed by atoms with Gasteiger partial charge < -0.3 is 15.0 Å². The third-order valence-electron chi connectivity index (χ3n) is 5.85. The molecule has 1 N–H and O–H groups in total. The fourth-order valence-electron chi connectivity index (χ4n) is 3.84. The number of aryl methyl sites for hydroxylation is 1. The molecule has 33 heavy (non-hydrogen) atoms. The third-order valence-corrected chi connectivity index (χ3v) is 5.85. The average Bonchev–Trinajstić information content (AvgIpc) is 2.86. The molecule has 0 spiro atoms. The van der Waals surface area contributed by atoms with E-state index in [1.54, 1.807) is 18.2 Å². The highest BCUT2D eigenvalue weighted by Crippen LogP contribution is 2.20. The molecule has 6 heteroatoms. The van der Waals surface area contributed by atoms with Gasteiger partial charge in [0, 0.05) is 49.5 Å². The van der Waals surface area contributed by atoms with Crippen LogP contribution in [-0.4, -0.2) is 60.9 Å². The van der Waals surface area contributed by atoms with E-state index in [4.69, 9.17) is 4.74 Å². The van der Waals surface area contributed by atoms with Gasteiger partial charge in [0.2, 0.25) is 0 Å². The van der Waals surface area contributed by atoms with Gasteiger partial charge in [-0.05, 0) is 48.9 Å². The zero-order valence-electron chi connectivity index (χ0n) is 18.9. The standard InChI is InChI=1S/C27H29N3O3/c1-21-12-13-23(20-25(21)28-26(31)22-8-4-2-5-9-22)27(32)30-16-14-29(15-17-30)18-19-33-24-10-6-3-7-11-24/h2-13,20H,14-19H2,1H3,(H,28,31). The number of carbonyl (C=O) groups excluding carboxylic acids is 2. The van der Waals surface area contributed by atoms with Gasteiger partial charge in [0.05, 0.1) is 0 Å². The third kappa shape index (κ3) is 5.99. The highest BCUT2D eigenvalue weighted by Gasteiger charge is 2.22. The Hall–Kier alpha value is -3.64. The van der Waals surface area contributed by atoms with Gasteiger partial charge in [-0.1, -0.05) is 42.5 Å². The highest BCUT2D eigenvalue weighted by atomic mass is 16.5. The van der Waals surface area contributed by atoms with Crippen molar-refractivity contribution in [3.8, 4) is 5.75 Å². The number of nitrogens with one attached hydrogen (secondary N) is 1. The summed E-state index contributed by atoms with van der Waals surface area (Å²) in [6.45, 7) is 6.34. The van der Waals surface area contributed by atoms with Crippen molar-refractivity contribution >= 4 is 17.5 Å². The summed E-state index contributed by atoms with van der Waals surface area (Å²) in [5.74, 6) is 0.681. The molecule has 0 atom stereocenters. The molecule has 0 bridgehead atoms. The summed E-state index contributed by atoms with van der Waals surface area (Å²) >= 11 is 0. The SMILES string of the molecule is Cc1ccc(C(=O)N2CCN(CCOc3ccccc3)CC2)cc1NC(=O)c1ccccc1. The van der Waals surface area contributed by atoms with Crippen LogP contribution in [0.3, 0.4) is 0 Å². The smallest absolute Gasteiger partial charge is 0.255 e. The van der Waals surface area contributed by atoms with Gasteiger partial charge in [-0.2, -0.15) is 0 Å². The van der Waals surface area contributed by atoms with Crippen LogP contribution in [0, 0.1) is 6.92 Å². The minimum absolute atomic E-state index is 0.00889. The van der Waals surface area contributed by atoms with Crippen LogP contribution in [0.1, 0.15) is 26.3 Å². The Labute approximate surface area is 194 Å². The van der Waals surface area contributed by atoms with Crippen LogP contribution in [0.5, 0.6) is 5.75 Å². The molecule has 3 aromatic carbocycles. The van der Waals surface area contributed by atoms with E-state index in [1.807, 2.05) is 72.5 Å². The molecule has 1 heterocycles. The van der Waals surface area contributed by atoms with Crippen molar-refractivity contribution in [3.05, 3.63) is 95.6 Å². The van der Waals surface area contributed by atoms with Crippen molar-refractivity contribution in [1.29, 1.82) is 0 Å². The summed E-state index contributed by atoms with van der Waals surface area (Å²) < 4.78 is 5.78. The first-order valence-electron chi connectivity index (χ1n) is 11.3. The van der Waals surface area contributed by atoms with E-state index in [0.29, 0.717) is 36.5 Å². The fraction of sp³-hybridized carbons (Fsp3) is 0.259. The number of para-hydroxylation sites is 1. The first-order chi connectivity index (χ1) is 16.1. The fourth-order valence-corrected chi connectivity index (χ4v) is 3.84. The average molecular weight is 444 g/mol. The van der Waals surface area contributed by atoms with Gasteiger partial charge in [0.1, 0.15) is 12.4 Å². The zero-order valence-corrected chi connectivity index (χ0v) is 18.9. The van der Waals surface area contributed by atoms with E-state index in [9.17, 15) is 9.59 Å². The normalized spacial score (nSPS) is 14.0. The minimum Gasteiger partial charge on any atom is -0.492 e. The van der Waals surface area contributed by atoms with E-state index in [0.717, 1.165) is 30.9 Å². The molecule has 0 aromatic heterocycles. The number of anilines is 1. The predicted octanol–water partition coefficient (Wildman–Crippen LogP) is 4.08. The van der Waals surface area contributed by atoms with Gasteiger partial charge in [-0.3, -0.25) is 14.5 Å². The van der Waals surface area contributed by atoms with Crippen molar-refractivity contribution in [2.45, 2.75) is 6.92 Å². The number of nitrogens with zero attached hydrogens (tertiary/aromatic N) is 2. The lowest BCUT2D eigenvalue weighted by molar-refractivity contribution is 0.0620. The summed E-state index contributed by atoms with van der Waals surface area (Å²) in [7, 11) is 0. The summed E-state index contributed by atoms with van der Waals surface area (Å²) in [6.07, 6.45) is 0. The number of hydrogen-bond acceptors (Lipinski definition) is 4. The summed E-state index contributed by atoms with van der Waals surface area (Å²) in [6, 6.07) is 24.3. The van der Waals surface area contributed by atoms with Crippen LogP contribution >= 0.6 is 0 Å². The molecule has 0 radical (unpaired) electrons. The molecule has 1 aliphatic heterocycles. The monoisotopic (exact) mass is 443 g/mol. The lowest BCUT2D eigenvalue weighted by atomic mass is 10.1. The molecule has 2 amide bonds. The maximum atomic E-state index is 13.1. The highest BCUT2D eigenvalue weighted by molar-refractivity contribution is 6.05. The molecule has 4 rings (SSSR count). The maximum absolute atomic E-state index is 13.1. The van der Waals surface area contributed by atoms with Crippen molar-refractivity contribution in [1.82, 2.24) is 9.80 Å². The Bertz CT molecular complexity index is 1080. The predicted molar refractivity (Wildman–Crippen MR) is 130 cm³/mol. The van der Waals surface area contributed by atoms with E-state index in [2.05, 4.69) is 10.2 Å². The number of rotatable bonds is 7. The Morgan fingerprint density at radius 3 is 2.21 bits per heavy atom. The number of hydrogen-bond donors (Lipinski definition) is 1. The number of amides is 2. The van der Waals surface area contributed by atoms with Crippen molar-refractivity contribution in [2.75, 3.05) is 44.6 Å². The van der Waals surface area contributed by atoms with Crippen LogP contribution in [0.2, 0.25) is 0 Å². The molecular weight excluding hydrogens is 414 g/mol. The van der Waals surface area contributed by atoms with Crippen LogP contribution < -0.4 is 10.1 Å². The van der Waals surface area contributed by atoms with Gasteiger partial charge >= 0.3 is 0 Å². The Morgan fingerprint density at radius 2 is 1.52 bits per heavy atom. The molecule has 1 fully saturated rings. The number of benzene rings is 3. The topological polar surface area (TPSA) is 61.9 Å². The van der Waals surface area contributed by atoms with E-state index in [-0.39, 0.29) is 11.8 Å². The summed E-state index contributed by atoms with van der Waals surface area (Å²) in [5.41, 5.74) is 2.75. The van der Waals surface area contributed by atoms with Crippen molar-refractivity contribution < 1.29 is 14.3 Å². The van der Waals surface area contributed by atoms with Crippen LogP contribution in [0.15, 0.2) is 78.9 Å². The molecule has 3 aromatic rings. The van der Waals surface area contributed by atoms with E-state index in [1.165, 1.54) is 0 Å². The molecule has 6 nitrogen and oxygen atoms in total. The first-order valence-corrected chi connectivity index (χ1v) is 11.3. The van der Waals surface area contributed by atoms with Crippen LogP contribution in [0.25, 0.3) is 0 Å². The maximum Gasteiger partial charge on any atom is 0.255 e. The molecule has 0 aliphatic carbocycles. The Morgan fingerprint density at radius 1 is 0.848 bits per heavy atom. The van der Waals surface area contributed by atoms with E-state index >= 15 is 0 Å². The van der Waals surface area contributed by atoms with Crippen molar-refractivity contribution in [3.63, 3.8) is 0 Å². The second kappa shape index (κ2) is 10.8. The molecule has 1 aliphatic rings. The van der Waals surface area contributed by atoms with Gasteiger partial charge in [0.15, 0.2) is 0 Å². The lowest BCUT2D eigenvalue weighted by Crippen LogP contribution is -2.49. The second-order valence-corrected chi connectivity index (χ2v) is 8.15. The zero-order chi connectivity index (χ0) is 23.0. The number of ether oxygens (including phenoxy) is 1. The second-order valence-electron chi connectivity index (χ2n) is 8.15. The molecule has 170 valence electrons. The van der Waals surface area contributed by atoms with Crippen LogP contribution in [-0.2, 0) is 0 Å². The van der Waals surface area contributed by atoms with Gasteiger partial charge in [0.25, 0.3) is 11.8 Å². The molecule has 0 unspecified atom stereocenters. The largest absolute Gasteiger partial charge is 0.492 e. The van der Waals surface area contributed by atoms with Crippen LogP contribution in [0.4, 0.5) is 5.69 Å². The Balaban J connectivity index is 1.30. The first kappa shape index (κ1) is 22.6. The van der Waals surface area contributed by atoms with Gasteiger partial charge in [-0.25, -0.2) is 0 Å². The minimum atomic E-state index is -0.186. The number of carbonyl (C=O) groups is 2. The Kier molecular flexibility index (Phi) is 7.37. The summed E-state index contributed by atoms with van der Waals surface area (Å²) in [5, 5.41) is 2.94. The number of piperazine rings is 1. The molecule has 1 saturated heterocycles.